The monoisotopic (exact) mass is 924 g/mol. The van der Waals surface area contributed by atoms with Gasteiger partial charge < -0.3 is 89.9 Å². The molecule has 5 aliphatic heterocycles. The van der Waals surface area contributed by atoms with Crippen molar-refractivity contribution in [3.8, 4) is 40.6 Å². The van der Waals surface area contributed by atoms with Crippen LogP contribution in [0.15, 0.2) is 67.0 Å². The third kappa shape index (κ3) is 7.58. The van der Waals surface area contributed by atoms with Gasteiger partial charge in [0, 0.05) is 47.1 Å². The number of fused-ring (bicyclic) bond motifs is 5. The minimum atomic E-state index is -2.31. The number of benzene rings is 3. The van der Waals surface area contributed by atoms with E-state index in [-0.39, 0.29) is 55.6 Å². The number of hydrogen-bond donors (Lipinski definition) is 10. The number of aromatic amines is 1. The number of aromatic nitrogens is 2. The maximum absolute atomic E-state index is 12.5. The highest BCUT2D eigenvalue weighted by Crippen LogP contribution is 2.62. The number of carboxylic acid groups (broad SMARTS) is 1. The van der Waals surface area contributed by atoms with Crippen molar-refractivity contribution in [2.75, 3.05) is 13.4 Å². The van der Waals surface area contributed by atoms with Crippen molar-refractivity contribution in [1.29, 1.82) is 0 Å². The molecule has 1 saturated heterocycles. The standard InChI is InChI=1S/C47H48N4O16/c48-45(49)43(65-33(57)15-32(55)56)42-37(58)44(59)47(60)12-10-25-27(17-51-16-22-11-13-50-36(22)28(51)18-52)34-31(14-30(25)64-46(47)67-42)63-38-24(21-4-2-1-3-5-21)7-6-23(54)19-61-40-29(62-20-53)9-8-26-35(38)41(34)66-39(26)40/h1-5,8-9,11,13-14,16,23-24,35,37-38,41-46,50,52-54,58-60H,10,12,15,17-20,48-49H2,(H,55,56). The summed E-state index contributed by atoms with van der Waals surface area (Å²) in [6.45, 7) is -1.19. The minimum absolute atomic E-state index is 0.0103. The van der Waals surface area contributed by atoms with Crippen LogP contribution in [-0.4, -0.2) is 125 Å². The maximum atomic E-state index is 12.5. The number of carboxylic acids is 1. The number of aliphatic carboxylic acids is 1. The molecule has 10 rings (SSSR count). The summed E-state index contributed by atoms with van der Waals surface area (Å²) in [6, 6.07) is 16.4. The molecule has 0 radical (unpaired) electrons. The van der Waals surface area contributed by atoms with E-state index in [9.17, 15) is 45.3 Å². The molecule has 5 aliphatic rings. The number of H-pyrrole nitrogens is 1. The number of ether oxygens (including phenoxy) is 7. The normalized spacial score (nSPS) is 28.3. The van der Waals surface area contributed by atoms with Gasteiger partial charge in [-0.25, -0.2) is 0 Å². The number of hydrogen-bond acceptors (Lipinski definition) is 17. The second kappa shape index (κ2) is 17.4. The van der Waals surface area contributed by atoms with Gasteiger partial charge in [-0.15, -0.1) is 0 Å². The van der Waals surface area contributed by atoms with E-state index in [1.54, 1.807) is 18.3 Å². The van der Waals surface area contributed by atoms with Crippen LogP contribution in [0, 0.1) is 11.8 Å². The van der Waals surface area contributed by atoms with Gasteiger partial charge in [-0.1, -0.05) is 48.2 Å². The predicted molar refractivity (Wildman–Crippen MR) is 230 cm³/mol. The largest absolute Gasteiger partial charge is 0.487 e. The van der Waals surface area contributed by atoms with Crippen LogP contribution in [0.4, 0.5) is 0 Å². The molecule has 3 aromatic carbocycles. The lowest BCUT2D eigenvalue weighted by Gasteiger charge is -2.48. The smallest absolute Gasteiger partial charge is 0.317 e. The van der Waals surface area contributed by atoms with Crippen LogP contribution in [0.2, 0.25) is 0 Å². The van der Waals surface area contributed by atoms with Crippen molar-refractivity contribution in [3.05, 3.63) is 101 Å². The summed E-state index contributed by atoms with van der Waals surface area (Å²) in [7, 11) is 0. The Kier molecular flexibility index (Phi) is 11.5. The fraction of sp³-hybridized carbons (Fsp3) is 0.404. The molecule has 12 N–H and O–H groups in total. The van der Waals surface area contributed by atoms with E-state index in [1.165, 1.54) is 0 Å². The molecule has 7 heterocycles. The third-order valence-corrected chi connectivity index (χ3v) is 13.3. The number of nitrogens with two attached hydrogens (primary N) is 2. The number of carbonyl (C=O) groups excluding carboxylic acids is 1. The molecule has 67 heavy (non-hydrogen) atoms. The first-order valence-corrected chi connectivity index (χ1v) is 21.7. The summed E-state index contributed by atoms with van der Waals surface area (Å²) in [5, 5.41) is 77.3. The van der Waals surface area contributed by atoms with E-state index in [0.29, 0.717) is 39.2 Å². The molecule has 0 spiro atoms. The molecule has 2 aromatic heterocycles. The molecule has 20 nitrogen and oxygen atoms in total. The summed E-state index contributed by atoms with van der Waals surface area (Å²) in [6.07, 6.45) is -11.3. The number of nitrogens with zero attached hydrogens (tertiary/aromatic N) is 1. The summed E-state index contributed by atoms with van der Waals surface area (Å²) < 4.78 is 45.9. The van der Waals surface area contributed by atoms with E-state index < -0.39 is 97.8 Å². The highest BCUT2D eigenvalue weighted by molar-refractivity contribution is 5.90. The second-order valence-electron chi connectivity index (χ2n) is 17.2. The highest BCUT2D eigenvalue weighted by atomic mass is 16.7. The third-order valence-electron chi connectivity index (χ3n) is 13.3. The maximum Gasteiger partial charge on any atom is 0.317 e. The van der Waals surface area contributed by atoms with Gasteiger partial charge >= 0.3 is 11.9 Å². The molecule has 4 bridgehead atoms. The average molecular weight is 925 g/mol. The molecule has 0 aliphatic carbocycles. The molecule has 0 amide bonds. The van der Waals surface area contributed by atoms with Crippen LogP contribution in [0.5, 0.6) is 28.7 Å². The van der Waals surface area contributed by atoms with Gasteiger partial charge in [0.2, 0.25) is 12.0 Å². The molecule has 1 fully saturated rings. The molecule has 20 heteroatoms. The lowest BCUT2D eigenvalue weighted by molar-refractivity contribution is -0.329. The molecule has 11 unspecified atom stereocenters. The Hall–Kier alpha value is -6.38. The summed E-state index contributed by atoms with van der Waals surface area (Å²) in [5.74, 6) is 3.17. The van der Waals surface area contributed by atoms with E-state index in [2.05, 4.69) is 16.8 Å². The zero-order valence-electron chi connectivity index (χ0n) is 35.6. The van der Waals surface area contributed by atoms with Gasteiger partial charge in [-0.2, -0.15) is 0 Å². The van der Waals surface area contributed by atoms with Gasteiger partial charge in [0.1, 0.15) is 61.2 Å². The van der Waals surface area contributed by atoms with E-state index in [0.717, 1.165) is 10.9 Å². The summed E-state index contributed by atoms with van der Waals surface area (Å²) in [5.41, 5.74) is 14.1. The van der Waals surface area contributed by atoms with E-state index >= 15 is 0 Å². The van der Waals surface area contributed by atoms with Crippen LogP contribution >= 0.6 is 0 Å². The van der Waals surface area contributed by atoms with Crippen LogP contribution in [0.25, 0.3) is 10.9 Å². The van der Waals surface area contributed by atoms with Crippen molar-refractivity contribution < 1.29 is 78.5 Å². The topological polar surface area (TPSA) is 313 Å². The molecule has 352 valence electrons. The number of carbonyl (C=O) groups is 2. The Morgan fingerprint density at radius 2 is 1.81 bits per heavy atom. The van der Waals surface area contributed by atoms with Crippen molar-refractivity contribution in [3.63, 3.8) is 0 Å². The van der Waals surface area contributed by atoms with Crippen LogP contribution in [0.3, 0.4) is 0 Å². The van der Waals surface area contributed by atoms with Gasteiger partial charge in [-0.05, 0) is 36.1 Å². The Morgan fingerprint density at radius 1 is 1.00 bits per heavy atom. The number of aliphatic hydroxyl groups excluding tert-OH is 5. The van der Waals surface area contributed by atoms with Crippen molar-refractivity contribution >= 4 is 22.8 Å². The molecule has 11 atom stereocenters. The van der Waals surface area contributed by atoms with Gasteiger partial charge in [-0.3, -0.25) is 9.59 Å². The zero-order chi connectivity index (χ0) is 46.9. The van der Waals surface area contributed by atoms with Gasteiger partial charge in [0.05, 0.1) is 35.8 Å². The summed E-state index contributed by atoms with van der Waals surface area (Å²) >= 11 is 0. The SMILES string of the molecule is NC(N)C(OC(=O)CC(=O)O)C1OC2Oc3cc4c(c(Cn5cc6cc[nH]c6c5CO)c3CCC2(O)C(O)C1O)C1Oc2c3ccc(OCO)c2OCC(O)C#CC(c2ccccc2)C(O4)C31. The number of nitrogens with one attached hydrogen (secondary N) is 1. The fourth-order valence-electron chi connectivity index (χ4n) is 10.2. The highest BCUT2D eigenvalue weighted by Gasteiger charge is 2.60. The number of aliphatic hydroxyl groups is 6. The fourth-order valence-corrected chi connectivity index (χ4v) is 10.2. The van der Waals surface area contributed by atoms with Crippen molar-refractivity contribution in [2.24, 2.45) is 11.5 Å². The van der Waals surface area contributed by atoms with E-state index in [4.69, 9.17) is 44.6 Å². The number of esters is 1. The minimum Gasteiger partial charge on any atom is -0.487 e. The Morgan fingerprint density at radius 3 is 2.55 bits per heavy atom. The Labute approximate surface area is 381 Å². The van der Waals surface area contributed by atoms with Gasteiger partial charge in [0.15, 0.2) is 30.0 Å². The molecule has 5 aromatic rings. The molecular formula is C47H48N4O16. The zero-order valence-corrected chi connectivity index (χ0v) is 35.6. The van der Waals surface area contributed by atoms with Crippen LogP contribution in [0.1, 0.15) is 64.3 Å². The van der Waals surface area contributed by atoms with Crippen LogP contribution < -0.4 is 35.2 Å². The lowest BCUT2D eigenvalue weighted by Crippen LogP contribution is -2.71. The first-order valence-electron chi connectivity index (χ1n) is 21.7. The molecular weight excluding hydrogens is 877 g/mol. The van der Waals surface area contributed by atoms with Crippen molar-refractivity contribution in [2.45, 2.75) is 105 Å². The lowest BCUT2D eigenvalue weighted by atomic mass is 9.75. The Bertz CT molecular complexity index is 2780. The molecule has 0 saturated carbocycles. The predicted octanol–water partition coefficient (Wildman–Crippen LogP) is 0.490. The first kappa shape index (κ1) is 44.5. The van der Waals surface area contributed by atoms with E-state index in [1.807, 2.05) is 53.2 Å². The quantitative estimate of drug-likeness (QED) is 0.0373. The first-order chi connectivity index (χ1) is 32.3. The van der Waals surface area contributed by atoms with Gasteiger partial charge in [0.25, 0.3) is 0 Å². The van der Waals surface area contributed by atoms with Crippen molar-refractivity contribution in [1.82, 2.24) is 9.55 Å². The number of rotatable bonds is 11. The Balaban J connectivity index is 1.16. The second-order valence-corrected chi connectivity index (χ2v) is 17.2. The summed E-state index contributed by atoms with van der Waals surface area (Å²) in [4.78, 5) is 27.0. The van der Waals surface area contributed by atoms with Crippen LogP contribution in [-0.2, 0) is 38.6 Å². The average Bonchev–Trinajstić information content (AvgIpc) is 3.98.